The summed E-state index contributed by atoms with van der Waals surface area (Å²) in [4.78, 5) is 3.20. The maximum atomic E-state index is 11.7. The highest BCUT2D eigenvalue weighted by Gasteiger charge is 2.33. The number of alkyl halides is 3. The van der Waals surface area contributed by atoms with Crippen molar-refractivity contribution in [2.45, 2.75) is 6.36 Å². The fourth-order valence-electron chi connectivity index (χ4n) is 0.659. The SMILES string of the molecule is Nc1c(Br)cnc(OC(F)(F)F)c1O. The number of halogens is 4. The summed E-state index contributed by atoms with van der Waals surface area (Å²) < 4.78 is 38.8. The molecule has 0 saturated carbocycles. The quantitative estimate of drug-likeness (QED) is 0.821. The van der Waals surface area contributed by atoms with E-state index in [4.69, 9.17) is 10.8 Å². The minimum atomic E-state index is -4.91. The van der Waals surface area contributed by atoms with Crippen molar-refractivity contribution < 1.29 is 23.0 Å². The lowest BCUT2D eigenvalue weighted by molar-refractivity contribution is -0.276. The third-order valence-corrected chi connectivity index (χ3v) is 1.85. The Kier molecular flexibility index (Phi) is 2.74. The molecule has 1 heterocycles. The number of nitrogen functional groups attached to an aromatic ring is 1. The number of hydrogen-bond donors (Lipinski definition) is 2. The Morgan fingerprint density at radius 3 is 2.57 bits per heavy atom. The summed E-state index contributed by atoms with van der Waals surface area (Å²) in [5.74, 6) is -1.82. The average molecular weight is 273 g/mol. The molecule has 1 aromatic heterocycles. The highest BCUT2D eigenvalue weighted by molar-refractivity contribution is 9.10. The van der Waals surface area contributed by atoms with Gasteiger partial charge in [-0.1, -0.05) is 0 Å². The predicted molar refractivity (Wildman–Crippen MR) is 44.7 cm³/mol. The van der Waals surface area contributed by atoms with Gasteiger partial charge in [-0.2, -0.15) is 0 Å². The van der Waals surface area contributed by atoms with Gasteiger partial charge in [-0.05, 0) is 15.9 Å². The van der Waals surface area contributed by atoms with E-state index >= 15 is 0 Å². The molecule has 8 heteroatoms. The molecule has 3 N–H and O–H groups in total. The molecule has 0 fully saturated rings. The molecule has 4 nitrogen and oxygen atoms in total. The topological polar surface area (TPSA) is 68.4 Å². The summed E-state index contributed by atoms with van der Waals surface area (Å²) in [6.07, 6.45) is -3.92. The lowest BCUT2D eigenvalue weighted by Gasteiger charge is -2.10. The van der Waals surface area contributed by atoms with Gasteiger partial charge in [-0.15, -0.1) is 13.2 Å². The zero-order valence-electron chi connectivity index (χ0n) is 6.47. The number of aromatic hydroxyl groups is 1. The zero-order chi connectivity index (χ0) is 10.9. The fraction of sp³-hybridized carbons (Fsp3) is 0.167. The van der Waals surface area contributed by atoms with Crippen LogP contribution in [0, 0.1) is 0 Å². The highest BCUT2D eigenvalue weighted by Crippen LogP contribution is 2.37. The lowest BCUT2D eigenvalue weighted by Crippen LogP contribution is -2.18. The number of aromatic nitrogens is 1. The molecule has 0 unspecified atom stereocenters. The molecule has 0 aliphatic rings. The summed E-state index contributed by atoms with van der Waals surface area (Å²) >= 11 is 2.88. The summed E-state index contributed by atoms with van der Waals surface area (Å²) in [6, 6.07) is 0. The summed E-state index contributed by atoms with van der Waals surface area (Å²) in [6.45, 7) is 0. The molecule has 0 aliphatic heterocycles. The van der Waals surface area contributed by atoms with E-state index < -0.39 is 18.0 Å². The van der Waals surface area contributed by atoms with E-state index in [2.05, 4.69) is 25.7 Å². The van der Waals surface area contributed by atoms with Crippen LogP contribution in [0.25, 0.3) is 0 Å². The molecule has 0 aromatic carbocycles. The summed E-state index contributed by atoms with van der Waals surface area (Å²) in [5.41, 5.74) is 4.95. The number of nitrogens with two attached hydrogens (primary N) is 1. The van der Waals surface area contributed by atoms with Crippen molar-refractivity contribution in [3.63, 3.8) is 0 Å². The van der Waals surface area contributed by atoms with E-state index in [9.17, 15) is 13.2 Å². The van der Waals surface area contributed by atoms with Gasteiger partial charge in [0.15, 0.2) is 0 Å². The van der Waals surface area contributed by atoms with Crippen molar-refractivity contribution in [3.05, 3.63) is 10.7 Å². The Balaban J connectivity index is 3.06. The third kappa shape index (κ3) is 2.41. The fourth-order valence-corrected chi connectivity index (χ4v) is 0.949. The maximum Gasteiger partial charge on any atom is 0.574 e. The molecule has 0 radical (unpaired) electrons. The van der Waals surface area contributed by atoms with Crippen molar-refractivity contribution in [2.75, 3.05) is 5.73 Å². The average Bonchev–Trinajstić information content (AvgIpc) is 2.04. The smallest absolute Gasteiger partial charge is 0.502 e. The molecule has 0 amide bonds. The first kappa shape index (κ1) is 10.9. The van der Waals surface area contributed by atoms with Crippen LogP contribution >= 0.6 is 15.9 Å². The molecule has 0 bridgehead atoms. The van der Waals surface area contributed by atoms with Gasteiger partial charge in [-0.3, -0.25) is 0 Å². The van der Waals surface area contributed by atoms with E-state index in [-0.39, 0.29) is 10.2 Å². The van der Waals surface area contributed by atoms with Crippen LogP contribution in [0.5, 0.6) is 11.6 Å². The zero-order valence-corrected chi connectivity index (χ0v) is 8.06. The minimum Gasteiger partial charge on any atom is -0.502 e. The van der Waals surface area contributed by atoms with Gasteiger partial charge in [0.05, 0.1) is 10.2 Å². The molecule has 78 valence electrons. The lowest BCUT2D eigenvalue weighted by atomic mass is 10.4. The van der Waals surface area contributed by atoms with Crippen molar-refractivity contribution in [3.8, 4) is 11.6 Å². The van der Waals surface area contributed by atoms with E-state index in [1.165, 1.54) is 0 Å². The molecule has 0 saturated heterocycles. The van der Waals surface area contributed by atoms with Gasteiger partial charge < -0.3 is 15.6 Å². The summed E-state index contributed by atoms with van der Waals surface area (Å²) in [7, 11) is 0. The van der Waals surface area contributed by atoms with Crippen molar-refractivity contribution >= 4 is 21.6 Å². The second kappa shape index (κ2) is 3.52. The van der Waals surface area contributed by atoms with Crippen molar-refractivity contribution in [2.24, 2.45) is 0 Å². The minimum absolute atomic E-state index is 0.185. The molecule has 0 atom stereocenters. The van der Waals surface area contributed by atoms with Crippen molar-refractivity contribution in [1.29, 1.82) is 0 Å². The van der Waals surface area contributed by atoms with E-state index in [1.54, 1.807) is 0 Å². The Bertz CT molecular complexity index is 356. The maximum absolute atomic E-state index is 11.7. The Morgan fingerprint density at radius 2 is 2.07 bits per heavy atom. The van der Waals surface area contributed by atoms with Gasteiger partial charge >= 0.3 is 6.36 Å². The second-order valence-electron chi connectivity index (χ2n) is 2.22. The first-order valence-electron chi connectivity index (χ1n) is 3.20. The van der Waals surface area contributed by atoms with Gasteiger partial charge in [0.2, 0.25) is 5.75 Å². The van der Waals surface area contributed by atoms with Crippen LogP contribution in [0.2, 0.25) is 0 Å². The Hall–Kier alpha value is -1.18. The standard InChI is InChI=1S/C6H4BrF3N2O2/c7-2-1-12-5(4(13)3(2)11)14-6(8,9)10/h1,13H,(H2,11,12). The number of nitrogens with zero attached hydrogens (tertiary/aromatic N) is 1. The molecule has 0 spiro atoms. The van der Waals surface area contributed by atoms with Crippen LogP contribution in [0.1, 0.15) is 0 Å². The van der Waals surface area contributed by atoms with Crippen LogP contribution in [-0.2, 0) is 0 Å². The van der Waals surface area contributed by atoms with Gasteiger partial charge in [-0.25, -0.2) is 4.98 Å². The van der Waals surface area contributed by atoms with E-state index in [0.717, 1.165) is 6.20 Å². The number of rotatable bonds is 1. The van der Waals surface area contributed by atoms with E-state index in [1.807, 2.05) is 0 Å². The third-order valence-electron chi connectivity index (χ3n) is 1.22. The first-order chi connectivity index (χ1) is 6.31. The molecule has 1 rings (SSSR count). The molecule has 0 aliphatic carbocycles. The normalized spacial score (nSPS) is 11.4. The predicted octanol–water partition coefficient (Wildman–Crippen LogP) is 2.03. The van der Waals surface area contributed by atoms with E-state index in [0.29, 0.717) is 0 Å². The van der Waals surface area contributed by atoms with Crippen LogP contribution in [0.3, 0.4) is 0 Å². The number of ether oxygens (including phenoxy) is 1. The number of hydrogen-bond acceptors (Lipinski definition) is 4. The van der Waals surface area contributed by atoms with Crippen molar-refractivity contribution in [1.82, 2.24) is 4.98 Å². The van der Waals surface area contributed by atoms with Crippen LogP contribution < -0.4 is 10.5 Å². The Labute approximate surface area is 84.6 Å². The Morgan fingerprint density at radius 1 is 1.50 bits per heavy atom. The molecular formula is C6H4BrF3N2O2. The molecule has 14 heavy (non-hydrogen) atoms. The van der Waals surface area contributed by atoms with Gasteiger partial charge in [0, 0.05) is 6.20 Å². The monoisotopic (exact) mass is 272 g/mol. The number of pyridine rings is 1. The van der Waals surface area contributed by atoms with Crippen LogP contribution in [0.4, 0.5) is 18.9 Å². The van der Waals surface area contributed by atoms with Crippen LogP contribution in [0.15, 0.2) is 10.7 Å². The first-order valence-corrected chi connectivity index (χ1v) is 3.99. The molecule has 1 aromatic rings. The molecular weight excluding hydrogens is 269 g/mol. The van der Waals surface area contributed by atoms with Gasteiger partial charge in [0.25, 0.3) is 5.88 Å². The van der Waals surface area contributed by atoms with Gasteiger partial charge in [0.1, 0.15) is 0 Å². The highest BCUT2D eigenvalue weighted by atomic mass is 79.9. The summed E-state index contributed by atoms with van der Waals surface area (Å²) in [5, 5.41) is 9.10. The second-order valence-corrected chi connectivity index (χ2v) is 3.08. The largest absolute Gasteiger partial charge is 0.574 e. The van der Waals surface area contributed by atoms with Crippen LogP contribution in [-0.4, -0.2) is 16.5 Å². The number of anilines is 1.